The molecule has 1 atom stereocenters. The van der Waals surface area contributed by atoms with Gasteiger partial charge in [-0.3, -0.25) is 10.1 Å². The molecule has 1 rings (SSSR count). The molecule has 0 bridgehead atoms. The third-order valence-corrected chi connectivity index (χ3v) is 3.20. The average Bonchev–Trinajstić information content (AvgIpc) is 2.25. The molecule has 1 unspecified atom stereocenters. The van der Waals surface area contributed by atoms with Crippen molar-refractivity contribution in [1.82, 2.24) is 0 Å². The molecule has 0 radical (unpaired) electrons. The number of hydrogen-bond donors (Lipinski definition) is 0. The standard InChI is InChI=1S/C11H14BrNO3/c1-8-3-4-10(13(14)15)11(5-8)16-7-9(2)6-12/h3-5,9H,6-7H2,1-2H3. The van der Waals surface area contributed by atoms with E-state index in [0.29, 0.717) is 18.3 Å². The van der Waals surface area contributed by atoms with Gasteiger partial charge in [-0.1, -0.05) is 28.9 Å². The van der Waals surface area contributed by atoms with Gasteiger partial charge in [-0.15, -0.1) is 0 Å². The van der Waals surface area contributed by atoms with E-state index in [9.17, 15) is 10.1 Å². The van der Waals surface area contributed by atoms with Gasteiger partial charge in [0, 0.05) is 11.4 Å². The Balaban J connectivity index is 2.84. The van der Waals surface area contributed by atoms with Crippen molar-refractivity contribution in [3.63, 3.8) is 0 Å². The summed E-state index contributed by atoms with van der Waals surface area (Å²) in [5.74, 6) is 0.665. The molecule has 0 heterocycles. The molecular formula is C11H14BrNO3. The van der Waals surface area contributed by atoms with E-state index in [0.717, 1.165) is 10.9 Å². The summed E-state index contributed by atoms with van der Waals surface area (Å²) in [5, 5.41) is 11.6. The summed E-state index contributed by atoms with van der Waals surface area (Å²) in [6.45, 7) is 4.36. The zero-order valence-corrected chi connectivity index (χ0v) is 10.9. The SMILES string of the molecule is Cc1ccc([N+](=O)[O-])c(OCC(C)CBr)c1. The molecule has 88 valence electrons. The molecule has 0 N–H and O–H groups in total. The van der Waals surface area contributed by atoms with Gasteiger partial charge in [0.15, 0.2) is 5.75 Å². The molecule has 0 spiro atoms. The van der Waals surface area contributed by atoms with Gasteiger partial charge >= 0.3 is 5.69 Å². The number of benzene rings is 1. The largest absolute Gasteiger partial charge is 0.486 e. The second-order valence-electron chi connectivity index (χ2n) is 3.80. The van der Waals surface area contributed by atoms with Gasteiger partial charge in [-0.25, -0.2) is 0 Å². The van der Waals surface area contributed by atoms with Gasteiger partial charge in [0.1, 0.15) is 0 Å². The zero-order chi connectivity index (χ0) is 12.1. The monoisotopic (exact) mass is 287 g/mol. The molecule has 1 aromatic rings. The highest BCUT2D eigenvalue weighted by molar-refractivity contribution is 9.09. The number of aryl methyl sites for hydroxylation is 1. The maximum Gasteiger partial charge on any atom is 0.310 e. The Kier molecular flexibility index (Phi) is 4.73. The van der Waals surface area contributed by atoms with Crippen LogP contribution in [0, 0.1) is 23.0 Å². The molecule has 16 heavy (non-hydrogen) atoms. The molecule has 4 nitrogen and oxygen atoms in total. The molecule has 0 amide bonds. The van der Waals surface area contributed by atoms with Gasteiger partial charge in [-0.2, -0.15) is 0 Å². The summed E-state index contributed by atoms with van der Waals surface area (Å²) in [5.41, 5.74) is 0.972. The Morgan fingerprint density at radius 1 is 1.56 bits per heavy atom. The molecule has 0 aliphatic rings. The van der Waals surface area contributed by atoms with Gasteiger partial charge in [0.25, 0.3) is 0 Å². The second-order valence-corrected chi connectivity index (χ2v) is 4.45. The number of hydrogen-bond acceptors (Lipinski definition) is 3. The first-order valence-electron chi connectivity index (χ1n) is 4.98. The van der Waals surface area contributed by atoms with Crippen molar-refractivity contribution in [2.75, 3.05) is 11.9 Å². The average molecular weight is 288 g/mol. The van der Waals surface area contributed by atoms with E-state index in [1.54, 1.807) is 12.1 Å². The third kappa shape index (κ3) is 3.48. The van der Waals surface area contributed by atoms with Crippen molar-refractivity contribution < 1.29 is 9.66 Å². The first-order chi connectivity index (χ1) is 7.54. The fraction of sp³-hybridized carbons (Fsp3) is 0.455. The number of nitrogens with zero attached hydrogens (tertiary/aromatic N) is 1. The van der Waals surface area contributed by atoms with E-state index in [1.165, 1.54) is 6.07 Å². The summed E-state index contributed by atoms with van der Waals surface area (Å²) < 4.78 is 5.46. The van der Waals surface area contributed by atoms with Crippen LogP contribution in [0.1, 0.15) is 12.5 Å². The fourth-order valence-electron chi connectivity index (χ4n) is 1.16. The summed E-state index contributed by atoms with van der Waals surface area (Å²) in [4.78, 5) is 10.3. The van der Waals surface area contributed by atoms with Crippen LogP contribution < -0.4 is 4.74 Å². The Morgan fingerprint density at radius 2 is 2.25 bits per heavy atom. The minimum absolute atomic E-state index is 0.0207. The van der Waals surface area contributed by atoms with Crippen LogP contribution in [0.3, 0.4) is 0 Å². The number of alkyl halides is 1. The van der Waals surface area contributed by atoms with Crippen LogP contribution in [-0.2, 0) is 0 Å². The second kappa shape index (κ2) is 5.84. The Morgan fingerprint density at radius 3 is 2.81 bits per heavy atom. The highest BCUT2D eigenvalue weighted by Crippen LogP contribution is 2.28. The summed E-state index contributed by atoms with van der Waals surface area (Å²) in [7, 11) is 0. The van der Waals surface area contributed by atoms with Crippen molar-refractivity contribution in [3.05, 3.63) is 33.9 Å². The van der Waals surface area contributed by atoms with Crippen LogP contribution in [0.25, 0.3) is 0 Å². The topological polar surface area (TPSA) is 52.4 Å². The van der Waals surface area contributed by atoms with Gasteiger partial charge < -0.3 is 4.74 Å². The van der Waals surface area contributed by atoms with E-state index in [4.69, 9.17) is 4.74 Å². The van der Waals surface area contributed by atoms with Gasteiger partial charge in [-0.05, 0) is 24.5 Å². The van der Waals surface area contributed by atoms with E-state index >= 15 is 0 Å². The number of nitro benzene ring substituents is 1. The minimum atomic E-state index is -0.423. The molecule has 1 aromatic carbocycles. The molecular weight excluding hydrogens is 274 g/mol. The number of halogens is 1. The van der Waals surface area contributed by atoms with Crippen molar-refractivity contribution in [2.24, 2.45) is 5.92 Å². The lowest BCUT2D eigenvalue weighted by molar-refractivity contribution is -0.385. The quantitative estimate of drug-likeness (QED) is 0.474. The highest BCUT2D eigenvalue weighted by atomic mass is 79.9. The van der Waals surface area contributed by atoms with E-state index in [-0.39, 0.29) is 5.69 Å². The normalized spacial score (nSPS) is 12.2. The molecule has 5 heteroatoms. The summed E-state index contributed by atoms with van der Waals surface area (Å²) in [6.07, 6.45) is 0. The lowest BCUT2D eigenvalue weighted by Gasteiger charge is -2.10. The fourth-order valence-corrected chi connectivity index (χ4v) is 1.35. The number of nitro groups is 1. The van der Waals surface area contributed by atoms with Crippen LogP contribution in [0.4, 0.5) is 5.69 Å². The first kappa shape index (κ1) is 13.0. The van der Waals surface area contributed by atoms with Crippen LogP contribution in [0.15, 0.2) is 18.2 Å². The predicted octanol–water partition coefficient (Wildman–Crippen LogP) is 3.31. The molecule has 0 aromatic heterocycles. The smallest absolute Gasteiger partial charge is 0.310 e. The first-order valence-corrected chi connectivity index (χ1v) is 6.10. The molecule has 0 saturated heterocycles. The molecule has 0 aliphatic carbocycles. The third-order valence-electron chi connectivity index (χ3n) is 2.10. The van der Waals surface area contributed by atoms with E-state index < -0.39 is 4.92 Å². The van der Waals surface area contributed by atoms with E-state index in [1.807, 2.05) is 13.8 Å². The molecule has 0 aliphatic heterocycles. The van der Waals surface area contributed by atoms with Gasteiger partial charge in [0.05, 0.1) is 11.5 Å². The molecule has 0 saturated carbocycles. The lowest BCUT2D eigenvalue weighted by atomic mass is 10.2. The van der Waals surface area contributed by atoms with Crippen molar-refractivity contribution in [3.8, 4) is 5.75 Å². The Labute approximate surface area is 103 Å². The number of ether oxygens (including phenoxy) is 1. The minimum Gasteiger partial charge on any atom is -0.486 e. The zero-order valence-electron chi connectivity index (χ0n) is 9.27. The maximum atomic E-state index is 10.8. The Bertz CT molecular complexity index is 381. The summed E-state index contributed by atoms with van der Waals surface area (Å²) in [6, 6.07) is 4.88. The molecule has 0 fully saturated rings. The highest BCUT2D eigenvalue weighted by Gasteiger charge is 2.15. The Hall–Kier alpha value is -1.10. The predicted molar refractivity (Wildman–Crippen MR) is 66.3 cm³/mol. The lowest BCUT2D eigenvalue weighted by Crippen LogP contribution is -2.10. The van der Waals surface area contributed by atoms with Crippen LogP contribution in [0.5, 0.6) is 5.75 Å². The maximum absolute atomic E-state index is 10.8. The van der Waals surface area contributed by atoms with Crippen LogP contribution in [0.2, 0.25) is 0 Å². The van der Waals surface area contributed by atoms with Crippen molar-refractivity contribution >= 4 is 21.6 Å². The van der Waals surface area contributed by atoms with Crippen molar-refractivity contribution in [1.29, 1.82) is 0 Å². The summed E-state index contributed by atoms with van der Waals surface area (Å²) >= 11 is 3.34. The van der Waals surface area contributed by atoms with Crippen LogP contribution in [-0.4, -0.2) is 16.9 Å². The van der Waals surface area contributed by atoms with Crippen LogP contribution >= 0.6 is 15.9 Å². The van der Waals surface area contributed by atoms with Gasteiger partial charge in [0.2, 0.25) is 0 Å². The van der Waals surface area contributed by atoms with Crippen molar-refractivity contribution in [2.45, 2.75) is 13.8 Å². The van der Waals surface area contributed by atoms with E-state index in [2.05, 4.69) is 15.9 Å². The number of rotatable bonds is 5.